The fourth-order valence-corrected chi connectivity index (χ4v) is 3.17. The molecule has 1 saturated heterocycles. The van der Waals surface area contributed by atoms with Crippen LogP contribution in [0.3, 0.4) is 0 Å². The van der Waals surface area contributed by atoms with Crippen molar-refractivity contribution < 1.29 is 9.84 Å². The molecule has 2 atom stereocenters. The number of benzene rings is 1. The quantitative estimate of drug-likeness (QED) is 0.904. The molecule has 0 aromatic heterocycles. The number of methoxy groups -OCH3 is 1. The monoisotopic (exact) mass is 263 g/mol. The van der Waals surface area contributed by atoms with Crippen LogP contribution in [0.4, 0.5) is 5.69 Å². The summed E-state index contributed by atoms with van der Waals surface area (Å²) in [7, 11) is 1.66. The standard InChI is InChI=1S/C16H25NO2/c1-11(2)13-8-6-10-17(13)14-7-5-9-15(19-4)16(14)12(3)18/h5,7,9,11-13,18H,6,8,10H2,1-4H3. The third-order valence-electron chi connectivity index (χ3n) is 4.06. The minimum atomic E-state index is -0.514. The summed E-state index contributed by atoms with van der Waals surface area (Å²) in [4.78, 5) is 2.44. The lowest BCUT2D eigenvalue weighted by Gasteiger charge is -2.32. The van der Waals surface area contributed by atoms with Crippen LogP contribution in [0.25, 0.3) is 0 Å². The topological polar surface area (TPSA) is 32.7 Å². The Bertz CT molecular complexity index is 429. The van der Waals surface area contributed by atoms with Crippen molar-refractivity contribution in [3.05, 3.63) is 23.8 Å². The van der Waals surface area contributed by atoms with Crippen LogP contribution in [0, 0.1) is 5.92 Å². The number of anilines is 1. The average molecular weight is 263 g/mol. The van der Waals surface area contributed by atoms with Crippen molar-refractivity contribution in [1.82, 2.24) is 0 Å². The lowest BCUT2D eigenvalue weighted by Crippen LogP contribution is -2.34. The van der Waals surface area contributed by atoms with E-state index in [4.69, 9.17) is 4.74 Å². The number of aliphatic hydroxyl groups is 1. The molecule has 0 saturated carbocycles. The molecular weight excluding hydrogens is 238 g/mol. The normalized spacial score (nSPS) is 20.9. The van der Waals surface area contributed by atoms with Crippen LogP contribution in [0.1, 0.15) is 45.3 Å². The fourth-order valence-electron chi connectivity index (χ4n) is 3.17. The molecule has 106 valence electrons. The van der Waals surface area contributed by atoms with Crippen LogP contribution in [0.5, 0.6) is 5.75 Å². The highest BCUT2D eigenvalue weighted by molar-refractivity contribution is 5.61. The Morgan fingerprint density at radius 3 is 2.63 bits per heavy atom. The van der Waals surface area contributed by atoms with E-state index < -0.39 is 6.10 Å². The third kappa shape index (κ3) is 2.71. The van der Waals surface area contributed by atoms with E-state index in [9.17, 15) is 5.11 Å². The van der Waals surface area contributed by atoms with Crippen molar-refractivity contribution in [3.8, 4) is 5.75 Å². The van der Waals surface area contributed by atoms with E-state index in [0.29, 0.717) is 12.0 Å². The van der Waals surface area contributed by atoms with Crippen molar-refractivity contribution in [2.45, 2.75) is 45.8 Å². The lowest BCUT2D eigenvalue weighted by atomic mass is 9.99. The van der Waals surface area contributed by atoms with Crippen molar-refractivity contribution in [3.63, 3.8) is 0 Å². The molecule has 2 rings (SSSR count). The molecule has 3 heteroatoms. The second kappa shape index (κ2) is 5.83. The SMILES string of the molecule is COc1cccc(N2CCCC2C(C)C)c1C(C)O. The maximum absolute atomic E-state index is 10.1. The van der Waals surface area contributed by atoms with Gasteiger partial charge in [0.05, 0.1) is 13.2 Å². The van der Waals surface area contributed by atoms with E-state index in [-0.39, 0.29) is 0 Å². The first-order valence-electron chi connectivity index (χ1n) is 7.17. The molecule has 1 aromatic carbocycles. The molecule has 1 aliphatic rings. The zero-order chi connectivity index (χ0) is 14.0. The molecule has 1 N–H and O–H groups in total. The van der Waals surface area contributed by atoms with Crippen LogP contribution in [0.2, 0.25) is 0 Å². The fraction of sp³-hybridized carbons (Fsp3) is 0.625. The van der Waals surface area contributed by atoms with Gasteiger partial charge in [-0.1, -0.05) is 19.9 Å². The van der Waals surface area contributed by atoms with Gasteiger partial charge in [0.25, 0.3) is 0 Å². The number of hydrogen-bond acceptors (Lipinski definition) is 3. The third-order valence-corrected chi connectivity index (χ3v) is 4.06. The summed E-state index contributed by atoms with van der Waals surface area (Å²) in [6.45, 7) is 7.41. The number of rotatable bonds is 4. The van der Waals surface area contributed by atoms with Gasteiger partial charge in [-0.2, -0.15) is 0 Å². The second-order valence-corrected chi connectivity index (χ2v) is 5.72. The van der Waals surface area contributed by atoms with Crippen molar-refractivity contribution in [1.29, 1.82) is 0 Å². The number of hydrogen-bond donors (Lipinski definition) is 1. The Morgan fingerprint density at radius 2 is 2.05 bits per heavy atom. The highest BCUT2D eigenvalue weighted by Gasteiger charge is 2.30. The van der Waals surface area contributed by atoms with E-state index in [2.05, 4.69) is 24.8 Å². The summed E-state index contributed by atoms with van der Waals surface area (Å²) in [5.41, 5.74) is 2.04. The Morgan fingerprint density at radius 1 is 1.32 bits per heavy atom. The minimum Gasteiger partial charge on any atom is -0.496 e. The first-order valence-corrected chi connectivity index (χ1v) is 7.17. The van der Waals surface area contributed by atoms with Gasteiger partial charge in [0.1, 0.15) is 5.75 Å². The van der Waals surface area contributed by atoms with Crippen LogP contribution in [0.15, 0.2) is 18.2 Å². The van der Waals surface area contributed by atoms with Crippen molar-refractivity contribution in [2.75, 3.05) is 18.6 Å². The molecule has 1 aromatic rings. The average Bonchev–Trinajstić information content (AvgIpc) is 2.86. The van der Waals surface area contributed by atoms with Gasteiger partial charge in [-0.3, -0.25) is 0 Å². The van der Waals surface area contributed by atoms with Crippen LogP contribution in [-0.2, 0) is 0 Å². The largest absolute Gasteiger partial charge is 0.496 e. The molecule has 0 spiro atoms. The molecule has 3 nitrogen and oxygen atoms in total. The molecule has 1 heterocycles. The van der Waals surface area contributed by atoms with E-state index in [1.807, 2.05) is 19.1 Å². The predicted molar refractivity (Wildman–Crippen MR) is 78.8 cm³/mol. The van der Waals surface area contributed by atoms with E-state index in [1.165, 1.54) is 12.8 Å². The predicted octanol–water partition coefficient (Wildman–Crippen LogP) is 3.37. The minimum absolute atomic E-state index is 0.514. The summed E-state index contributed by atoms with van der Waals surface area (Å²) in [6, 6.07) is 6.59. The number of ether oxygens (including phenoxy) is 1. The maximum atomic E-state index is 10.1. The molecule has 0 bridgehead atoms. The molecule has 1 fully saturated rings. The smallest absolute Gasteiger partial charge is 0.126 e. The van der Waals surface area contributed by atoms with Crippen molar-refractivity contribution >= 4 is 5.69 Å². The number of nitrogens with zero attached hydrogens (tertiary/aromatic N) is 1. The summed E-state index contributed by atoms with van der Waals surface area (Å²) in [6.07, 6.45) is 1.94. The van der Waals surface area contributed by atoms with Crippen LogP contribution < -0.4 is 9.64 Å². The summed E-state index contributed by atoms with van der Waals surface area (Å²) < 4.78 is 5.42. The molecular formula is C16H25NO2. The molecule has 2 unspecified atom stereocenters. The van der Waals surface area contributed by atoms with Gasteiger partial charge in [-0.25, -0.2) is 0 Å². The van der Waals surface area contributed by atoms with Gasteiger partial charge in [0.2, 0.25) is 0 Å². The highest BCUT2D eigenvalue weighted by Crippen LogP contribution is 2.39. The zero-order valence-electron chi connectivity index (χ0n) is 12.4. The van der Waals surface area contributed by atoms with E-state index in [0.717, 1.165) is 23.5 Å². The van der Waals surface area contributed by atoms with Crippen LogP contribution in [-0.4, -0.2) is 24.8 Å². The van der Waals surface area contributed by atoms with Gasteiger partial charge in [-0.05, 0) is 37.8 Å². The van der Waals surface area contributed by atoms with Gasteiger partial charge in [0, 0.05) is 23.8 Å². The van der Waals surface area contributed by atoms with Crippen molar-refractivity contribution in [2.24, 2.45) is 5.92 Å². The molecule has 0 radical (unpaired) electrons. The summed E-state index contributed by atoms with van der Waals surface area (Å²) in [5.74, 6) is 1.40. The Balaban J connectivity index is 2.44. The number of aliphatic hydroxyl groups excluding tert-OH is 1. The molecule has 1 aliphatic heterocycles. The Labute approximate surface area is 116 Å². The van der Waals surface area contributed by atoms with Gasteiger partial charge < -0.3 is 14.7 Å². The molecule has 19 heavy (non-hydrogen) atoms. The van der Waals surface area contributed by atoms with Crippen LogP contribution >= 0.6 is 0 Å². The first-order chi connectivity index (χ1) is 9.06. The lowest BCUT2D eigenvalue weighted by molar-refractivity contribution is 0.194. The molecule has 0 amide bonds. The Hall–Kier alpha value is -1.22. The zero-order valence-corrected chi connectivity index (χ0v) is 12.4. The second-order valence-electron chi connectivity index (χ2n) is 5.72. The summed E-state index contributed by atoms with van der Waals surface area (Å²) in [5, 5.41) is 10.1. The van der Waals surface area contributed by atoms with Gasteiger partial charge in [0.15, 0.2) is 0 Å². The maximum Gasteiger partial charge on any atom is 0.126 e. The van der Waals surface area contributed by atoms with E-state index in [1.54, 1.807) is 7.11 Å². The van der Waals surface area contributed by atoms with Gasteiger partial charge >= 0.3 is 0 Å². The first kappa shape index (κ1) is 14.2. The highest BCUT2D eigenvalue weighted by atomic mass is 16.5. The summed E-state index contributed by atoms with van der Waals surface area (Å²) >= 11 is 0. The van der Waals surface area contributed by atoms with E-state index >= 15 is 0 Å². The molecule has 0 aliphatic carbocycles. The van der Waals surface area contributed by atoms with Gasteiger partial charge in [-0.15, -0.1) is 0 Å². The Kier molecular flexibility index (Phi) is 4.35.